The SMILES string of the molecule is O=C(O)c1cccc([N+](=O)[O-])c1Sc1ccccn1. The summed E-state index contributed by atoms with van der Waals surface area (Å²) in [4.78, 5) is 25.6. The van der Waals surface area contributed by atoms with Crippen LogP contribution < -0.4 is 0 Å². The molecule has 1 N–H and O–H groups in total. The average molecular weight is 276 g/mol. The first-order chi connectivity index (χ1) is 9.09. The zero-order chi connectivity index (χ0) is 13.8. The summed E-state index contributed by atoms with van der Waals surface area (Å²) in [6.45, 7) is 0. The van der Waals surface area contributed by atoms with Crippen LogP contribution in [0, 0.1) is 10.1 Å². The van der Waals surface area contributed by atoms with Crippen LogP contribution in [0.3, 0.4) is 0 Å². The van der Waals surface area contributed by atoms with Gasteiger partial charge in [0.05, 0.1) is 10.5 Å². The quantitative estimate of drug-likeness (QED) is 0.681. The second kappa shape index (κ2) is 5.49. The molecule has 7 heteroatoms. The van der Waals surface area contributed by atoms with Gasteiger partial charge in [-0.25, -0.2) is 9.78 Å². The molecule has 0 bridgehead atoms. The lowest BCUT2D eigenvalue weighted by atomic mass is 10.2. The molecule has 0 fully saturated rings. The fraction of sp³-hybridized carbons (Fsp3) is 0. The highest BCUT2D eigenvalue weighted by atomic mass is 32.2. The Morgan fingerprint density at radius 2 is 2.05 bits per heavy atom. The van der Waals surface area contributed by atoms with Crippen molar-refractivity contribution in [3.63, 3.8) is 0 Å². The maximum atomic E-state index is 11.1. The van der Waals surface area contributed by atoms with Gasteiger partial charge >= 0.3 is 5.97 Å². The van der Waals surface area contributed by atoms with E-state index in [0.717, 1.165) is 11.8 Å². The highest BCUT2D eigenvalue weighted by molar-refractivity contribution is 7.99. The Morgan fingerprint density at radius 1 is 1.26 bits per heavy atom. The molecule has 0 spiro atoms. The third kappa shape index (κ3) is 2.89. The van der Waals surface area contributed by atoms with Crippen LogP contribution in [0.4, 0.5) is 5.69 Å². The van der Waals surface area contributed by atoms with E-state index >= 15 is 0 Å². The molecular weight excluding hydrogens is 268 g/mol. The zero-order valence-electron chi connectivity index (χ0n) is 9.52. The summed E-state index contributed by atoms with van der Waals surface area (Å²) in [7, 11) is 0. The molecule has 1 heterocycles. The molecule has 0 aliphatic carbocycles. The Bertz CT molecular complexity index is 599. The van der Waals surface area contributed by atoms with Crippen LogP contribution >= 0.6 is 11.8 Å². The van der Waals surface area contributed by atoms with Gasteiger partial charge in [-0.1, -0.05) is 23.9 Å². The molecule has 0 aliphatic rings. The number of hydrogen-bond acceptors (Lipinski definition) is 5. The molecule has 0 atom stereocenters. The largest absolute Gasteiger partial charge is 0.478 e. The van der Waals surface area contributed by atoms with Crippen molar-refractivity contribution in [2.75, 3.05) is 0 Å². The second-order valence-electron chi connectivity index (χ2n) is 3.49. The third-order valence-corrected chi connectivity index (χ3v) is 3.35. The Balaban J connectivity index is 2.52. The lowest BCUT2D eigenvalue weighted by molar-refractivity contribution is -0.387. The van der Waals surface area contributed by atoms with Crippen LogP contribution in [0.2, 0.25) is 0 Å². The van der Waals surface area contributed by atoms with Gasteiger partial charge in [-0.2, -0.15) is 0 Å². The molecule has 6 nitrogen and oxygen atoms in total. The number of aromatic carboxylic acids is 1. The Hall–Kier alpha value is -2.41. The molecule has 19 heavy (non-hydrogen) atoms. The summed E-state index contributed by atoms with van der Waals surface area (Å²) in [6, 6.07) is 9.06. The number of aromatic nitrogens is 1. The van der Waals surface area contributed by atoms with Gasteiger partial charge in [0.1, 0.15) is 9.92 Å². The summed E-state index contributed by atoms with van der Waals surface area (Å²) in [6.07, 6.45) is 1.54. The topological polar surface area (TPSA) is 93.3 Å². The van der Waals surface area contributed by atoms with E-state index in [9.17, 15) is 14.9 Å². The van der Waals surface area contributed by atoms with E-state index in [2.05, 4.69) is 4.98 Å². The van der Waals surface area contributed by atoms with Gasteiger partial charge in [0, 0.05) is 12.3 Å². The third-order valence-electron chi connectivity index (χ3n) is 2.27. The number of carboxylic acid groups (broad SMARTS) is 1. The van der Waals surface area contributed by atoms with Gasteiger partial charge in [-0.05, 0) is 18.2 Å². The number of nitro benzene ring substituents is 1. The monoisotopic (exact) mass is 276 g/mol. The van der Waals surface area contributed by atoms with Crippen molar-refractivity contribution in [1.82, 2.24) is 4.98 Å². The van der Waals surface area contributed by atoms with Crippen molar-refractivity contribution in [2.45, 2.75) is 9.92 Å². The van der Waals surface area contributed by atoms with Gasteiger partial charge in [0.2, 0.25) is 0 Å². The minimum atomic E-state index is -1.21. The lowest BCUT2D eigenvalue weighted by Crippen LogP contribution is -2.02. The first kappa shape index (κ1) is 13.0. The molecule has 0 amide bonds. The van der Waals surface area contributed by atoms with E-state index in [4.69, 9.17) is 5.11 Å². The Labute approximate surface area is 112 Å². The molecule has 0 saturated heterocycles. The van der Waals surface area contributed by atoms with Gasteiger partial charge in [0.25, 0.3) is 5.69 Å². The first-order valence-corrected chi connectivity index (χ1v) is 6.01. The number of hydrogen-bond donors (Lipinski definition) is 1. The molecule has 0 unspecified atom stereocenters. The number of pyridine rings is 1. The van der Waals surface area contributed by atoms with Crippen molar-refractivity contribution in [3.8, 4) is 0 Å². The fourth-order valence-electron chi connectivity index (χ4n) is 1.46. The van der Waals surface area contributed by atoms with E-state index in [1.807, 2.05) is 0 Å². The smallest absolute Gasteiger partial charge is 0.337 e. The molecular formula is C12H8N2O4S. The number of benzene rings is 1. The van der Waals surface area contributed by atoms with Crippen LogP contribution in [0.1, 0.15) is 10.4 Å². The highest BCUT2D eigenvalue weighted by Crippen LogP contribution is 2.36. The van der Waals surface area contributed by atoms with E-state index in [0.29, 0.717) is 5.03 Å². The lowest BCUT2D eigenvalue weighted by Gasteiger charge is -2.05. The van der Waals surface area contributed by atoms with Crippen molar-refractivity contribution >= 4 is 23.4 Å². The van der Waals surface area contributed by atoms with E-state index < -0.39 is 10.9 Å². The summed E-state index contributed by atoms with van der Waals surface area (Å²) in [5, 5.41) is 20.6. The van der Waals surface area contributed by atoms with E-state index in [1.54, 1.807) is 18.2 Å². The minimum Gasteiger partial charge on any atom is -0.478 e. The van der Waals surface area contributed by atoms with Crippen LogP contribution in [0.5, 0.6) is 0 Å². The van der Waals surface area contributed by atoms with Crippen molar-refractivity contribution in [3.05, 3.63) is 58.3 Å². The average Bonchev–Trinajstić information content (AvgIpc) is 2.39. The number of rotatable bonds is 4. The Morgan fingerprint density at radius 3 is 2.63 bits per heavy atom. The summed E-state index contributed by atoms with van der Waals surface area (Å²) >= 11 is 0.964. The van der Waals surface area contributed by atoms with E-state index in [1.165, 1.54) is 24.4 Å². The van der Waals surface area contributed by atoms with E-state index in [-0.39, 0.29) is 16.1 Å². The molecule has 2 rings (SSSR count). The molecule has 96 valence electrons. The van der Waals surface area contributed by atoms with Crippen molar-refractivity contribution < 1.29 is 14.8 Å². The van der Waals surface area contributed by atoms with Crippen LogP contribution in [-0.4, -0.2) is 21.0 Å². The number of carboxylic acids is 1. The summed E-state index contributed by atoms with van der Waals surface area (Å²) in [5.41, 5.74) is -0.347. The van der Waals surface area contributed by atoms with Crippen LogP contribution in [0.25, 0.3) is 0 Å². The van der Waals surface area contributed by atoms with Gasteiger partial charge in [-0.3, -0.25) is 10.1 Å². The van der Waals surface area contributed by atoms with Crippen LogP contribution in [0.15, 0.2) is 52.5 Å². The predicted octanol–water partition coefficient (Wildman–Crippen LogP) is 2.84. The van der Waals surface area contributed by atoms with Gasteiger partial charge in [0.15, 0.2) is 0 Å². The maximum absolute atomic E-state index is 11.1. The highest BCUT2D eigenvalue weighted by Gasteiger charge is 2.22. The molecule has 1 aromatic carbocycles. The number of nitro groups is 1. The molecule has 0 aliphatic heterocycles. The normalized spacial score (nSPS) is 10.1. The number of carbonyl (C=O) groups is 1. The zero-order valence-corrected chi connectivity index (χ0v) is 10.3. The molecule has 0 radical (unpaired) electrons. The molecule has 2 aromatic rings. The summed E-state index contributed by atoms with van der Waals surface area (Å²) < 4.78 is 0. The standard InChI is InChI=1S/C12H8N2O4S/c15-12(16)8-4-3-5-9(14(17)18)11(8)19-10-6-1-2-7-13-10/h1-7H,(H,15,16). The van der Waals surface area contributed by atoms with Crippen molar-refractivity contribution in [2.24, 2.45) is 0 Å². The Kier molecular flexibility index (Phi) is 3.76. The second-order valence-corrected chi connectivity index (χ2v) is 4.52. The predicted molar refractivity (Wildman–Crippen MR) is 68.4 cm³/mol. The van der Waals surface area contributed by atoms with Gasteiger partial charge in [-0.15, -0.1) is 0 Å². The number of nitrogens with zero attached hydrogens (tertiary/aromatic N) is 2. The molecule has 0 saturated carbocycles. The molecule has 1 aromatic heterocycles. The van der Waals surface area contributed by atoms with Crippen molar-refractivity contribution in [1.29, 1.82) is 0 Å². The minimum absolute atomic E-state index is 0.0821. The summed E-state index contributed by atoms with van der Waals surface area (Å²) in [5.74, 6) is -1.21. The fourth-order valence-corrected chi connectivity index (χ4v) is 2.44. The maximum Gasteiger partial charge on any atom is 0.337 e. The van der Waals surface area contributed by atoms with Crippen LogP contribution in [-0.2, 0) is 0 Å². The van der Waals surface area contributed by atoms with Gasteiger partial charge < -0.3 is 5.11 Å². The first-order valence-electron chi connectivity index (χ1n) is 5.19.